The second-order valence-electron chi connectivity index (χ2n) is 3.51. The molecule has 1 heterocycles. The zero-order chi connectivity index (χ0) is 9.68. The molecule has 74 valence electrons. The molecule has 0 unspecified atom stereocenters. The van der Waals surface area contributed by atoms with Gasteiger partial charge in [0.15, 0.2) is 0 Å². The summed E-state index contributed by atoms with van der Waals surface area (Å²) in [7, 11) is 0. The molecule has 0 aliphatic heterocycles. The molecule has 0 aliphatic rings. The number of hydrogen-bond acceptors (Lipinski definition) is 3. The largest absolute Gasteiger partial charge is 0.310 e. The van der Waals surface area contributed by atoms with E-state index in [0.717, 1.165) is 13.0 Å². The van der Waals surface area contributed by atoms with Crippen LogP contribution in [-0.4, -0.2) is 11.0 Å². The minimum absolute atomic E-state index is 0.553. The van der Waals surface area contributed by atoms with E-state index in [1.807, 2.05) is 17.5 Å². The Hall–Kier alpha value is -0.410. The van der Waals surface area contributed by atoms with Crippen LogP contribution in [0.15, 0.2) is 6.20 Å². The summed E-state index contributed by atoms with van der Waals surface area (Å²) in [6.07, 6.45) is 4.29. The minimum atomic E-state index is 0.553. The number of rotatable bonds is 5. The van der Waals surface area contributed by atoms with Crippen LogP contribution in [0.5, 0.6) is 0 Å². The van der Waals surface area contributed by atoms with Crippen molar-refractivity contribution in [1.82, 2.24) is 10.3 Å². The van der Waals surface area contributed by atoms with Crippen LogP contribution in [0.25, 0.3) is 0 Å². The molecule has 0 bridgehead atoms. The molecule has 0 amide bonds. The summed E-state index contributed by atoms with van der Waals surface area (Å²) in [5.74, 6) is 0. The van der Waals surface area contributed by atoms with Crippen LogP contribution in [-0.2, 0) is 13.0 Å². The Morgan fingerprint density at radius 1 is 1.54 bits per heavy atom. The molecule has 0 saturated heterocycles. The van der Waals surface area contributed by atoms with E-state index in [1.165, 1.54) is 16.3 Å². The van der Waals surface area contributed by atoms with Gasteiger partial charge in [-0.15, -0.1) is 11.3 Å². The minimum Gasteiger partial charge on any atom is -0.310 e. The first kappa shape index (κ1) is 10.7. The van der Waals surface area contributed by atoms with Crippen molar-refractivity contribution in [3.8, 4) is 0 Å². The summed E-state index contributed by atoms with van der Waals surface area (Å²) in [5, 5.41) is 4.65. The van der Waals surface area contributed by atoms with Crippen molar-refractivity contribution < 1.29 is 0 Å². The monoisotopic (exact) mass is 198 g/mol. The van der Waals surface area contributed by atoms with Gasteiger partial charge in [0.2, 0.25) is 0 Å². The molecule has 3 heteroatoms. The van der Waals surface area contributed by atoms with Gasteiger partial charge >= 0.3 is 0 Å². The molecule has 1 rings (SSSR count). The van der Waals surface area contributed by atoms with Gasteiger partial charge in [0.25, 0.3) is 0 Å². The lowest BCUT2D eigenvalue weighted by Gasteiger charge is -2.04. The number of thiazole rings is 1. The van der Waals surface area contributed by atoms with Gasteiger partial charge in [0.1, 0.15) is 0 Å². The molecule has 13 heavy (non-hydrogen) atoms. The van der Waals surface area contributed by atoms with E-state index in [4.69, 9.17) is 0 Å². The first-order valence-electron chi connectivity index (χ1n) is 4.89. The standard InChI is InChI=1S/C10H18N2S/c1-4-5-10-12-7-9(13-10)6-11-8(2)3/h7-8,11H,4-6H2,1-3H3. The fourth-order valence-corrected chi connectivity index (χ4v) is 2.04. The Labute approximate surface area is 84.4 Å². The smallest absolute Gasteiger partial charge is 0.0928 e. The van der Waals surface area contributed by atoms with E-state index in [-0.39, 0.29) is 0 Å². The van der Waals surface area contributed by atoms with Gasteiger partial charge in [-0.05, 0) is 12.8 Å². The lowest BCUT2D eigenvalue weighted by molar-refractivity contribution is 0.593. The average molecular weight is 198 g/mol. The van der Waals surface area contributed by atoms with E-state index >= 15 is 0 Å². The number of aromatic nitrogens is 1. The molecule has 0 aromatic carbocycles. The Morgan fingerprint density at radius 3 is 2.92 bits per heavy atom. The first-order chi connectivity index (χ1) is 6.22. The van der Waals surface area contributed by atoms with Crippen LogP contribution < -0.4 is 5.32 Å². The Kier molecular flexibility index (Phi) is 4.39. The molecule has 1 N–H and O–H groups in total. The van der Waals surface area contributed by atoms with Crippen LogP contribution in [0, 0.1) is 0 Å². The van der Waals surface area contributed by atoms with Crippen molar-refractivity contribution in [2.45, 2.75) is 46.2 Å². The molecule has 0 radical (unpaired) electrons. The van der Waals surface area contributed by atoms with Crippen molar-refractivity contribution in [2.24, 2.45) is 0 Å². The SMILES string of the molecule is CCCc1ncc(CNC(C)C)s1. The van der Waals surface area contributed by atoms with Crippen molar-refractivity contribution >= 4 is 11.3 Å². The van der Waals surface area contributed by atoms with Crippen LogP contribution in [0.4, 0.5) is 0 Å². The van der Waals surface area contributed by atoms with Gasteiger partial charge in [-0.25, -0.2) is 4.98 Å². The molecule has 0 spiro atoms. The van der Waals surface area contributed by atoms with Gasteiger partial charge in [-0.3, -0.25) is 0 Å². The summed E-state index contributed by atoms with van der Waals surface area (Å²) in [6, 6.07) is 0.553. The molecule has 0 atom stereocenters. The normalized spacial score (nSPS) is 11.1. The fourth-order valence-electron chi connectivity index (χ4n) is 1.06. The van der Waals surface area contributed by atoms with Gasteiger partial charge < -0.3 is 5.32 Å². The van der Waals surface area contributed by atoms with Crippen LogP contribution in [0.3, 0.4) is 0 Å². The van der Waals surface area contributed by atoms with Crippen LogP contribution in [0.2, 0.25) is 0 Å². The van der Waals surface area contributed by atoms with E-state index in [9.17, 15) is 0 Å². The van der Waals surface area contributed by atoms with Crippen molar-refractivity contribution in [3.63, 3.8) is 0 Å². The lowest BCUT2D eigenvalue weighted by Crippen LogP contribution is -2.21. The molecule has 0 fully saturated rings. The summed E-state index contributed by atoms with van der Waals surface area (Å²) in [4.78, 5) is 5.71. The predicted molar refractivity (Wildman–Crippen MR) is 58.1 cm³/mol. The lowest BCUT2D eigenvalue weighted by atomic mass is 10.4. The third kappa shape index (κ3) is 3.87. The number of hydrogen-bond donors (Lipinski definition) is 1. The van der Waals surface area contributed by atoms with E-state index < -0.39 is 0 Å². The second kappa shape index (κ2) is 5.35. The zero-order valence-electron chi connectivity index (χ0n) is 8.63. The summed E-state index contributed by atoms with van der Waals surface area (Å²) in [5.41, 5.74) is 0. The Morgan fingerprint density at radius 2 is 2.31 bits per heavy atom. The Balaban J connectivity index is 2.39. The van der Waals surface area contributed by atoms with Crippen molar-refractivity contribution in [1.29, 1.82) is 0 Å². The highest BCUT2D eigenvalue weighted by Gasteiger charge is 2.01. The molecule has 1 aromatic rings. The maximum absolute atomic E-state index is 4.36. The first-order valence-corrected chi connectivity index (χ1v) is 5.71. The summed E-state index contributed by atoms with van der Waals surface area (Å²) in [6.45, 7) is 7.47. The topological polar surface area (TPSA) is 24.9 Å². The van der Waals surface area contributed by atoms with E-state index in [2.05, 4.69) is 31.1 Å². The van der Waals surface area contributed by atoms with E-state index in [1.54, 1.807) is 0 Å². The van der Waals surface area contributed by atoms with Crippen molar-refractivity contribution in [3.05, 3.63) is 16.1 Å². The van der Waals surface area contributed by atoms with Gasteiger partial charge in [-0.1, -0.05) is 20.8 Å². The molecular formula is C10H18N2S. The third-order valence-electron chi connectivity index (χ3n) is 1.75. The van der Waals surface area contributed by atoms with Crippen LogP contribution in [0.1, 0.15) is 37.1 Å². The zero-order valence-corrected chi connectivity index (χ0v) is 9.45. The fraction of sp³-hybridized carbons (Fsp3) is 0.700. The summed E-state index contributed by atoms with van der Waals surface area (Å²) >= 11 is 1.83. The van der Waals surface area contributed by atoms with E-state index in [0.29, 0.717) is 6.04 Å². The van der Waals surface area contributed by atoms with Gasteiger partial charge in [0, 0.05) is 23.7 Å². The molecule has 0 aliphatic carbocycles. The summed E-state index contributed by atoms with van der Waals surface area (Å²) < 4.78 is 0. The number of nitrogens with zero attached hydrogens (tertiary/aromatic N) is 1. The van der Waals surface area contributed by atoms with Crippen molar-refractivity contribution in [2.75, 3.05) is 0 Å². The molecule has 0 saturated carbocycles. The second-order valence-corrected chi connectivity index (χ2v) is 4.71. The maximum Gasteiger partial charge on any atom is 0.0928 e. The van der Waals surface area contributed by atoms with Gasteiger partial charge in [-0.2, -0.15) is 0 Å². The number of aryl methyl sites for hydroxylation is 1. The Bertz CT molecular complexity index is 243. The highest BCUT2D eigenvalue weighted by Crippen LogP contribution is 2.14. The molecule has 1 aromatic heterocycles. The number of nitrogens with one attached hydrogen (secondary N) is 1. The quantitative estimate of drug-likeness (QED) is 0.786. The third-order valence-corrected chi connectivity index (χ3v) is 2.81. The highest BCUT2D eigenvalue weighted by atomic mass is 32.1. The molecular weight excluding hydrogens is 180 g/mol. The van der Waals surface area contributed by atoms with Crippen LogP contribution >= 0.6 is 11.3 Å². The van der Waals surface area contributed by atoms with Gasteiger partial charge in [0.05, 0.1) is 5.01 Å². The molecule has 2 nitrogen and oxygen atoms in total. The highest BCUT2D eigenvalue weighted by molar-refractivity contribution is 7.11. The average Bonchev–Trinajstić information content (AvgIpc) is 2.50. The maximum atomic E-state index is 4.36. The predicted octanol–water partition coefficient (Wildman–Crippen LogP) is 2.59.